The van der Waals surface area contributed by atoms with Crippen molar-refractivity contribution in [3.63, 3.8) is 0 Å². The second kappa shape index (κ2) is 5.29. The highest BCUT2D eigenvalue weighted by Gasteiger charge is 2.15. The first-order chi connectivity index (χ1) is 7.84. The van der Waals surface area contributed by atoms with Crippen LogP contribution in [0.2, 0.25) is 0 Å². The van der Waals surface area contributed by atoms with Gasteiger partial charge in [-0.3, -0.25) is 10.2 Å². The van der Waals surface area contributed by atoms with E-state index in [2.05, 4.69) is 38.3 Å². The second-order valence-corrected chi connectivity index (χ2v) is 5.27. The van der Waals surface area contributed by atoms with Gasteiger partial charge in [0.25, 0.3) is 5.91 Å². The smallest absolute Gasteiger partial charge is 0.251 e. The van der Waals surface area contributed by atoms with Crippen molar-refractivity contribution < 1.29 is 4.79 Å². The van der Waals surface area contributed by atoms with E-state index in [-0.39, 0.29) is 11.3 Å². The molecular formula is C13H21N3O. The summed E-state index contributed by atoms with van der Waals surface area (Å²) in [5.74, 6) is 4.69. The van der Waals surface area contributed by atoms with E-state index in [1.807, 2.05) is 12.1 Å². The Bertz CT molecular complexity index is 379. The van der Waals surface area contributed by atoms with Crippen LogP contribution < -0.4 is 17.0 Å². The van der Waals surface area contributed by atoms with Crippen molar-refractivity contribution in [2.45, 2.75) is 38.6 Å². The molecule has 1 unspecified atom stereocenters. The molecule has 94 valence electrons. The topological polar surface area (TPSA) is 81.1 Å². The van der Waals surface area contributed by atoms with Crippen LogP contribution in [-0.2, 0) is 16.6 Å². The molecule has 0 bridgehead atoms. The zero-order chi connectivity index (χ0) is 13.1. The molecule has 0 heterocycles. The fourth-order valence-corrected chi connectivity index (χ4v) is 1.59. The Balaban J connectivity index is 2.72. The lowest BCUT2D eigenvalue weighted by molar-refractivity contribution is -0.122. The molecule has 4 nitrogen and oxygen atoms in total. The van der Waals surface area contributed by atoms with E-state index in [1.165, 1.54) is 5.56 Å². The molecular weight excluding hydrogens is 214 g/mol. The molecule has 5 N–H and O–H groups in total. The molecule has 0 spiro atoms. The third-order valence-electron chi connectivity index (χ3n) is 2.75. The van der Waals surface area contributed by atoms with Crippen molar-refractivity contribution in [1.82, 2.24) is 5.43 Å². The number of carbonyl (C=O) groups excluding carboxylic acids is 1. The van der Waals surface area contributed by atoms with Gasteiger partial charge in [0, 0.05) is 0 Å². The van der Waals surface area contributed by atoms with Crippen molar-refractivity contribution >= 4 is 5.91 Å². The van der Waals surface area contributed by atoms with Gasteiger partial charge in [-0.05, 0) is 23.0 Å². The quantitative estimate of drug-likeness (QED) is 0.412. The van der Waals surface area contributed by atoms with Gasteiger partial charge in [0.2, 0.25) is 0 Å². The van der Waals surface area contributed by atoms with Crippen LogP contribution >= 0.6 is 0 Å². The molecule has 0 radical (unpaired) electrons. The first-order valence-corrected chi connectivity index (χ1v) is 5.70. The molecule has 1 aromatic carbocycles. The van der Waals surface area contributed by atoms with Crippen LogP contribution in [0.15, 0.2) is 24.3 Å². The van der Waals surface area contributed by atoms with Crippen LogP contribution in [0.4, 0.5) is 0 Å². The minimum atomic E-state index is -0.597. The maximum atomic E-state index is 11.2. The number of benzene rings is 1. The third kappa shape index (κ3) is 3.84. The molecule has 1 aromatic rings. The highest BCUT2D eigenvalue weighted by atomic mass is 16.2. The van der Waals surface area contributed by atoms with Crippen LogP contribution in [0.25, 0.3) is 0 Å². The first kappa shape index (κ1) is 13.7. The molecule has 0 aliphatic carbocycles. The number of nitrogens with one attached hydrogen (secondary N) is 1. The van der Waals surface area contributed by atoms with E-state index >= 15 is 0 Å². The fraction of sp³-hybridized carbons (Fsp3) is 0.462. The Morgan fingerprint density at radius 2 is 1.82 bits per heavy atom. The maximum Gasteiger partial charge on any atom is 0.251 e. The van der Waals surface area contributed by atoms with Gasteiger partial charge in [0.1, 0.15) is 0 Å². The van der Waals surface area contributed by atoms with Gasteiger partial charge in [0.15, 0.2) is 0 Å². The van der Waals surface area contributed by atoms with E-state index in [0.29, 0.717) is 6.42 Å². The Labute approximate surface area is 102 Å². The summed E-state index contributed by atoms with van der Waals surface area (Å²) >= 11 is 0. The van der Waals surface area contributed by atoms with Crippen molar-refractivity contribution in [3.8, 4) is 0 Å². The molecule has 1 rings (SSSR count). The van der Waals surface area contributed by atoms with E-state index in [9.17, 15) is 4.79 Å². The average Bonchev–Trinajstić information content (AvgIpc) is 2.27. The van der Waals surface area contributed by atoms with Crippen molar-refractivity contribution in [3.05, 3.63) is 35.4 Å². The number of rotatable bonds is 3. The molecule has 0 aliphatic rings. The highest BCUT2D eigenvalue weighted by molar-refractivity contribution is 5.81. The van der Waals surface area contributed by atoms with Crippen LogP contribution in [0, 0.1) is 0 Å². The van der Waals surface area contributed by atoms with Crippen molar-refractivity contribution in [2.75, 3.05) is 0 Å². The largest absolute Gasteiger partial charge is 0.320 e. The van der Waals surface area contributed by atoms with Crippen LogP contribution in [0.1, 0.15) is 31.9 Å². The highest BCUT2D eigenvalue weighted by Crippen LogP contribution is 2.22. The summed E-state index contributed by atoms with van der Waals surface area (Å²) in [6, 6.07) is 7.56. The Kier molecular flexibility index (Phi) is 4.26. The summed E-state index contributed by atoms with van der Waals surface area (Å²) in [5, 5.41) is 0. The Morgan fingerprint density at radius 3 is 2.24 bits per heavy atom. The zero-order valence-corrected chi connectivity index (χ0v) is 10.7. The van der Waals surface area contributed by atoms with Gasteiger partial charge >= 0.3 is 0 Å². The van der Waals surface area contributed by atoms with Gasteiger partial charge in [-0.15, -0.1) is 0 Å². The summed E-state index contributed by atoms with van der Waals surface area (Å²) in [6.07, 6.45) is 0.494. The summed E-state index contributed by atoms with van der Waals surface area (Å²) in [5.41, 5.74) is 10.2. The number of hydrazine groups is 1. The molecule has 0 aromatic heterocycles. The van der Waals surface area contributed by atoms with E-state index in [1.54, 1.807) is 0 Å². The molecule has 1 amide bonds. The van der Waals surface area contributed by atoms with Crippen LogP contribution in [0.5, 0.6) is 0 Å². The molecule has 0 fully saturated rings. The minimum absolute atomic E-state index is 0.134. The zero-order valence-electron chi connectivity index (χ0n) is 10.7. The van der Waals surface area contributed by atoms with Gasteiger partial charge in [-0.2, -0.15) is 0 Å². The molecule has 17 heavy (non-hydrogen) atoms. The first-order valence-electron chi connectivity index (χ1n) is 5.70. The molecule has 1 atom stereocenters. The van der Waals surface area contributed by atoms with E-state index < -0.39 is 6.04 Å². The average molecular weight is 235 g/mol. The normalized spacial score (nSPS) is 13.2. The van der Waals surface area contributed by atoms with Crippen molar-refractivity contribution in [1.29, 1.82) is 0 Å². The van der Waals surface area contributed by atoms with Crippen LogP contribution in [0.3, 0.4) is 0 Å². The predicted octanol–water partition coefficient (Wildman–Crippen LogP) is 0.844. The van der Waals surface area contributed by atoms with Crippen molar-refractivity contribution in [2.24, 2.45) is 11.6 Å². The maximum absolute atomic E-state index is 11.2. The van der Waals surface area contributed by atoms with Gasteiger partial charge < -0.3 is 5.73 Å². The van der Waals surface area contributed by atoms with E-state index in [4.69, 9.17) is 11.6 Å². The molecule has 4 heteroatoms. The van der Waals surface area contributed by atoms with Gasteiger partial charge in [-0.1, -0.05) is 45.0 Å². The molecule has 0 saturated heterocycles. The van der Waals surface area contributed by atoms with E-state index in [0.717, 1.165) is 5.56 Å². The molecule has 0 aliphatic heterocycles. The number of amides is 1. The summed E-state index contributed by atoms with van der Waals surface area (Å²) < 4.78 is 0. The Hall–Kier alpha value is -1.39. The summed E-state index contributed by atoms with van der Waals surface area (Å²) in [4.78, 5) is 11.2. The monoisotopic (exact) mass is 235 g/mol. The second-order valence-electron chi connectivity index (χ2n) is 5.27. The number of carbonyl (C=O) groups is 1. The lowest BCUT2D eigenvalue weighted by Crippen LogP contribution is -2.45. The SMILES string of the molecule is CC(C)(C)c1ccc(CC(N)C(=O)NN)cc1. The Morgan fingerprint density at radius 1 is 1.29 bits per heavy atom. The summed E-state index contributed by atoms with van der Waals surface area (Å²) in [7, 11) is 0. The summed E-state index contributed by atoms with van der Waals surface area (Å²) in [6.45, 7) is 6.49. The lowest BCUT2D eigenvalue weighted by atomic mass is 9.86. The fourth-order valence-electron chi connectivity index (χ4n) is 1.59. The number of hydrogen-bond donors (Lipinski definition) is 3. The lowest BCUT2D eigenvalue weighted by Gasteiger charge is -2.19. The third-order valence-corrected chi connectivity index (χ3v) is 2.75. The van der Waals surface area contributed by atoms with Crippen LogP contribution in [-0.4, -0.2) is 11.9 Å². The van der Waals surface area contributed by atoms with Gasteiger partial charge in [-0.25, -0.2) is 5.84 Å². The number of hydrogen-bond acceptors (Lipinski definition) is 3. The number of nitrogens with two attached hydrogens (primary N) is 2. The molecule has 0 saturated carbocycles. The standard InChI is InChI=1S/C13H21N3O/c1-13(2,3)10-6-4-9(5-7-10)8-11(14)12(17)16-15/h4-7,11H,8,14-15H2,1-3H3,(H,16,17). The minimum Gasteiger partial charge on any atom is -0.320 e. The predicted molar refractivity (Wildman–Crippen MR) is 69.2 cm³/mol. The van der Waals surface area contributed by atoms with Gasteiger partial charge in [0.05, 0.1) is 6.04 Å².